The van der Waals surface area contributed by atoms with Crippen molar-refractivity contribution in [2.24, 2.45) is 0 Å². The van der Waals surface area contributed by atoms with Crippen LogP contribution in [-0.4, -0.2) is 11.0 Å². The molecule has 2 aromatic carbocycles. The van der Waals surface area contributed by atoms with E-state index in [-0.39, 0.29) is 18.9 Å². The topological polar surface area (TPSA) is 49.3 Å². The van der Waals surface area contributed by atoms with E-state index in [0.29, 0.717) is 10.6 Å². The molecule has 1 unspecified atom stereocenters. The van der Waals surface area contributed by atoms with Gasteiger partial charge in [-0.25, -0.2) is 4.39 Å². The minimum absolute atomic E-state index is 0.131. The zero-order valence-electron chi connectivity index (χ0n) is 11.2. The lowest BCUT2D eigenvalue weighted by molar-refractivity contribution is -0.123. The second-order valence-corrected chi connectivity index (χ2v) is 5.05. The van der Waals surface area contributed by atoms with E-state index < -0.39 is 11.9 Å². The summed E-state index contributed by atoms with van der Waals surface area (Å²) < 4.78 is 13.1. The van der Waals surface area contributed by atoms with Crippen molar-refractivity contribution >= 4 is 17.5 Å². The summed E-state index contributed by atoms with van der Waals surface area (Å²) in [6.07, 6.45) is -1.17. The standard InChI is InChI=1S/C16H15ClFNO2/c17-14-7-2-1-4-12(14)10-19-16(21)9-15(20)11-5-3-6-13(18)8-11/h1-8,15,20H,9-10H2,(H,19,21). The zero-order valence-corrected chi connectivity index (χ0v) is 12.0. The van der Waals surface area contributed by atoms with Gasteiger partial charge in [0.1, 0.15) is 5.82 Å². The Hall–Kier alpha value is -1.91. The summed E-state index contributed by atoms with van der Waals surface area (Å²) in [5.41, 5.74) is 1.18. The molecule has 2 rings (SSSR count). The maximum Gasteiger partial charge on any atom is 0.223 e. The molecule has 0 saturated carbocycles. The number of amides is 1. The van der Waals surface area contributed by atoms with Crippen molar-refractivity contribution in [1.29, 1.82) is 0 Å². The van der Waals surface area contributed by atoms with Gasteiger partial charge in [-0.2, -0.15) is 0 Å². The lowest BCUT2D eigenvalue weighted by Crippen LogP contribution is -2.24. The number of carbonyl (C=O) groups excluding carboxylic acids is 1. The normalized spacial score (nSPS) is 12.0. The molecule has 1 amide bonds. The molecular weight excluding hydrogens is 293 g/mol. The number of hydrogen-bond donors (Lipinski definition) is 2. The van der Waals surface area contributed by atoms with Crippen LogP contribution in [0.3, 0.4) is 0 Å². The van der Waals surface area contributed by atoms with E-state index in [4.69, 9.17) is 11.6 Å². The van der Waals surface area contributed by atoms with Crippen LogP contribution in [0, 0.1) is 5.82 Å². The Kier molecular flexibility index (Phi) is 5.31. The van der Waals surface area contributed by atoms with Crippen LogP contribution in [0.25, 0.3) is 0 Å². The Bertz CT molecular complexity index is 633. The van der Waals surface area contributed by atoms with Crippen molar-refractivity contribution in [2.75, 3.05) is 0 Å². The number of aliphatic hydroxyl groups is 1. The minimum atomic E-state index is -1.04. The van der Waals surface area contributed by atoms with Crippen molar-refractivity contribution in [3.63, 3.8) is 0 Å². The average Bonchev–Trinajstić information content (AvgIpc) is 2.46. The Morgan fingerprint density at radius 2 is 2.00 bits per heavy atom. The molecule has 0 spiro atoms. The van der Waals surface area contributed by atoms with E-state index >= 15 is 0 Å². The fourth-order valence-electron chi connectivity index (χ4n) is 1.92. The highest BCUT2D eigenvalue weighted by Gasteiger charge is 2.13. The van der Waals surface area contributed by atoms with Gasteiger partial charge in [-0.1, -0.05) is 41.9 Å². The van der Waals surface area contributed by atoms with E-state index in [1.807, 2.05) is 12.1 Å². The van der Waals surface area contributed by atoms with Crippen LogP contribution < -0.4 is 5.32 Å². The lowest BCUT2D eigenvalue weighted by Gasteiger charge is -2.12. The van der Waals surface area contributed by atoms with Crippen molar-refractivity contribution in [3.8, 4) is 0 Å². The molecule has 1 atom stereocenters. The summed E-state index contributed by atoms with van der Waals surface area (Å²) >= 11 is 5.98. The first-order valence-electron chi connectivity index (χ1n) is 6.50. The Balaban J connectivity index is 1.89. The van der Waals surface area contributed by atoms with Crippen LogP contribution in [0.4, 0.5) is 4.39 Å². The second-order valence-electron chi connectivity index (χ2n) is 4.64. The summed E-state index contributed by atoms with van der Waals surface area (Å²) in [5.74, 6) is -0.769. The van der Waals surface area contributed by atoms with Crippen LogP contribution in [0.15, 0.2) is 48.5 Å². The van der Waals surface area contributed by atoms with Gasteiger partial charge in [0.2, 0.25) is 5.91 Å². The smallest absolute Gasteiger partial charge is 0.223 e. The van der Waals surface area contributed by atoms with Crippen LogP contribution in [-0.2, 0) is 11.3 Å². The van der Waals surface area contributed by atoms with Gasteiger partial charge >= 0.3 is 0 Å². The van der Waals surface area contributed by atoms with Gasteiger partial charge in [-0.05, 0) is 29.3 Å². The Labute approximate surface area is 127 Å². The van der Waals surface area contributed by atoms with Crippen LogP contribution >= 0.6 is 11.6 Å². The number of carbonyl (C=O) groups is 1. The SMILES string of the molecule is O=C(CC(O)c1cccc(F)c1)NCc1ccccc1Cl. The van der Waals surface area contributed by atoms with Crippen molar-refractivity contribution < 1.29 is 14.3 Å². The third-order valence-electron chi connectivity index (χ3n) is 3.05. The molecule has 110 valence electrons. The third kappa shape index (κ3) is 4.55. The molecule has 0 aliphatic heterocycles. The van der Waals surface area contributed by atoms with Gasteiger partial charge in [0.15, 0.2) is 0 Å². The molecule has 0 aromatic heterocycles. The molecule has 0 saturated heterocycles. The summed E-state index contributed by atoms with van der Waals surface area (Å²) in [4.78, 5) is 11.8. The molecule has 0 aliphatic rings. The first-order chi connectivity index (χ1) is 10.1. The highest BCUT2D eigenvalue weighted by Crippen LogP contribution is 2.18. The van der Waals surface area contributed by atoms with Crippen molar-refractivity contribution in [3.05, 3.63) is 70.5 Å². The van der Waals surface area contributed by atoms with Gasteiger partial charge < -0.3 is 10.4 Å². The summed E-state index contributed by atoms with van der Waals surface area (Å²) in [7, 11) is 0. The number of rotatable bonds is 5. The molecule has 21 heavy (non-hydrogen) atoms. The molecular formula is C16H15ClFNO2. The predicted molar refractivity (Wildman–Crippen MR) is 79.3 cm³/mol. The first-order valence-corrected chi connectivity index (χ1v) is 6.87. The zero-order chi connectivity index (χ0) is 15.2. The number of halogens is 2. The largest absolute Gasteiger partial charge is 0.388 e. The van der Waals surface area contributed by atoms with Gasteiger partial charge in [-0.15, -0.1) is 0 Å². The number of nitrogens with one attached hydrogen (secondary N) is 1. The predicted octanol–water partition coefficient (Wildman–Crippen LogP) is 3.22. The molecule has 0 bridgehead atoms. The van der Waals surface area contributed by atoms with Crippen LogP contribution in [0.1, 0.15) is 23.7 Å². The van der Waals surface area contributed by atoms with E-state index in [9.17, 15) is 14.3 Å². The van der Waals surface area contributed by atoms with Gasteiger partial charge in [0, 0.05) is 11.6 Å². The molecule has 2 aromatic rings. The van der Waals surface area contributed by atoms with E-state index in [2.05, 4.69) is 5.32 Å². The molecule has 0 aliphatic carbocycles. The van der Waals surface area contributed by atoms with E-state index in [1.165, 1.54) is 18.2 Å². The summed E-state index contributed by atoms with van der Waals surface area (Å²) in [6, 6.07) is 12.8. The molecule has 0 radical (unpaired) electrons. The average molecular weight is 308 g/mol. The second kappa shape index (κ2) is 7.20. The number of aliphatic hydroxyl groups excluding tert-OH is 1. The Morgan fingerprint density at radius 1 is 1.24 bits per heavy atom. The minimum Gasteiger partial charge on any atom is -0.388 e. The van der Waals surface area contributed by atoms with Crippen molar-refractivity contribution in [2.45, 2.75) is 19.1 Å². The van der Waals surface area contributed by atoms with Crippen LogP contribution in [0.2, 0.25) is 5.02 Å². The first kappa shape index (κ1) is 15.5. The Morgan fingerprint density at radius 3 is 2.71 bits per heavy atom. The van der Waals surface area contributed by atoms with Crippen LogP contribution in [0.5, 0.6) is 0 Å². The highest BCUT2D eigenvalue weighted by atomic mass is 35.5. The fourth-order valence-corrected chi connectivity index (χ4v) is 2.12. The molecule has 3 nitrogen and oxygen atoms in total. The highest BCUT2D eigenvalue weighted by molar-refractivity contribution is 6.31. The maximum atomic E-state index is 13.1. The number of benzene rings is 2. The summed E-state index contributed by atoms with van der Waals surface area (Å²) in [6.45, 7) is 0.286. The molecule has 2 N–H and O–H groups in total. The van der Waals surface area contributed by atoms with Gasteiger partial charge in [-0.3, -0.25) is 4.79 Å². The van der Waals surface area contributed by atoms with Gasteiger partial charge in [0.25, 0.3) is 0 Å². The lowest BCUT2D eigenvalue weighted by atomic mass is 10.1. The van der Waals surface area contributed by atoms with Gasteiger partial charge in [0.05, 0.1) is 12.5 Å². The quantitative estimate of drug-likeness (QED) is 0.891. The third-order valence-corrected chi connectivity index (χ3v) is 3.41. The number of hydrogen-bond acceptors (Lipinski definition) is 2. The monoisotopic (exact) mass is 307 g/mol. The van der Waals surface area contributed by atoms with E-state index in [0.717, 1.165) is 5.56 Å². The van der Waals surface area contributed by atoms with Crippen molar-refractivity contribution in [1.82, 2.24) is 5.32 Å². The van der Waals surface area contributed by atoms with E-state index in [1.54, 1.807) is 18.2 Å². The molecule has 0 fully saturated rings. The summed E-state index contributed by atoms with van der Waals surface area (Å²) in [5, 5.41) is 13.2. The molecule has 0 heterocycles. The maximum absolute atomic E-state index is 13.1. The molecule has 5 heteroatoms. The fraction of sp³-hybridized carbons (Fsp3) is 0.188.